The van der Waals surface area contributed by atoms with E-state index in [-0.39, 0.29) is 18.0 Å². The molecule has 118 valence electrons. The summed E-state index contributed by atoms with van der Waals surface area (Å²) in [6, 6.07) is 2.90. The monoisotopic (exact) mass is 299 g/mol. The molecule has 0 aromatic heterocycles. The minimum atomic E-state index is -0.583. The maximum atomic E-state index is 14.2. The van der Waals surface area contributed by atoms with E-state index in [1.165, 1.54) is 12.1 Å². The number of benzene rings is 1. The number of nitrogens with two attached hydrogens (primary N) is 1. The van der Waals surface area contributed by atoms with Crippen LogP contribution in [0.5, 0.6) is 5.75 Å². The van der Waals surface area contributed by atoms with Crippen LogP contribution in [0, 0.1) is 11.6 Å². The first kappa shape index (κ1) is 16.0. The summed E-state index contributed by atoms with van der Waals surface area (Å²) in [6.07, 6.45) is 0. The van der Waals surface area contributed by atoms with Crippen molar-refractivity contribution in [3.63, 3.8) is 0 Å². The second kappa shape index (κ2) is 7.04. The van der Waals surface area contributed by atoms with E-state index in [1.54, 1.807) is 4.90 Å². The number of rotatable bonds is 5. The molecule has 0 saturated carbocycles. The first-order valence-corrected chi connectivity index (χ1v) is 7.34. The third-order valence-electron chi connectivity index (χ3n) is 3.74. The molecular formula is C15H23F2N3O. The van der Waals surface area contributed by atoms with Crippen LogP contribution in [0.15, 0.2) is 12.1 Å². The molecule has 0 radical (unpaired) electrons. The van der Waals surface area contributed by atoms with Crippen molar-refractivity contribution in [3.05, 3.63) is 23.8 Å². The maximum Gasteiger partial charge on any atom is 0.153 e. The molecule has 2 N–H and O–H groups in total. The summed E-state index contributed by atoms with van der Waals surface area (Å²) in [4.78, 5) is 4.06. The quantitative estimate of drug-likeness (QED) is 0.901. The Hall–Kier alpha value is -1.40. The number of hydrogen-bond donors (Lipinski definition) is 1. The largest absolute Gasteiger partial charge is 0.492 e. The highest BCUT2D eigenvalue weighted by atomic mass is 19.1. The fourth-order valence-electron chi connectivity index (χ4n) is 2.57. The molecular weight excluding hydrogens is 276 g/mol. The smallest absolute Gasteiger partial charge is 0.153 e. The summed E-state index contributed by atoms with van der Waals surface area (Å²) in [6.45, 7) is 7.66. The second-order valence-electron chi connectivity index (χ2n) is 5.49. The predicted octanol–water partition coefficient (Wildman–Crippen LogP) is 1.83. The van der Waals surface area contributed by atoms with Gasteiger partial charge in [0.15, 0.2) is 11.6 Å². The molecule has 2 rings (SSSR count). The fourth-order valence-corrected chi connectivity index (χ4v) is 2.57. The maximum absolute atomic E-state index is 14.2. The van der Waals surface area contributed by atoms with E-state index in [0.29, 0.717) is 25.7 Å². The molecule has 21 heavy (non-hydrogen) atoms. The van der Waals surface area contributed by atoms with Crippen LogP contribution in [0.25, 0.3) is 0 Å². The van der Waals surface area contributed by atoms with Crippen molar-refractivity contribution in [3.8, 4) is 5.75 Å². The summed E-state index contributed by atoms with van der Waals surface area (Å²) in [5, 5.41) is 0. The van der Waals surface area contributed by atoms with Crippen LogP contribution >= 0.6 is 0 Å². The van der Waals surface area contributed by atoms with Gasteiger partial charge in [-0.15, -0.1) is 0 Å². The van der Waals surface area contributed by atoms with Crippen LogP contribution < -0.4 is 15.4 Å². The topological polar surface area (TPSA) is 41.7 Å². The van der Waals surface area contributed by atoms with Gasteiger partial charge in [0, 0.05) is 50.9 Å². The van der Waals surface area contributed by atoms with E-state index >= 15 is 0 Å². The van der Waals surface area contributed by atoms with Crippen LogP contribution in [0.1, 0.15) is 13.8 Å². The highest BCUT2D eigenvalue weighted by molar-refractivity contribution is 5.52. The van der Waals surface area contributed by atoms with Gasteiger partial charge < -0.3 is 15.4 Å². The minimum absolute atomic E-state index is 0.0403. The second-order valence-corrected chi connectivity index (χ2v) is 5.49. The first-order chi connectivity index (χ1) is 10.0. The Balaban J connectivity index is 2.10. The summed E-state index contributed by atoms with van der Waals surface area (Å²) in [5.74, 6) is -0.986. The molecule has 1 aromatic rings. The van der Waals surface area contributed by atoms with E-state index < -0.39 is 11.6 Å². The van der Waals surface area contributed by atoms with Gasteiger partial charge in [-0.25, -0.2) is 8.78 Å². The molecule has 1 heterocycles. The van der Waals surface area contributed by atoms with Gasteiger partial charge >= 0.3 is 0 Å². The lowest BCUT2D eigenvalue weighted by atomic mass is 10.2. The van der Waals surface area contributed by atoms with Crippen molar-refractivity contribution >= 4 is 5.69 Å². The van der Waals surface area contributed by atoms with Crippen LogP contribution in [-0.2, 0) is 0 Å². The van der Waals surface area contributed by atoms with Gasteiger partial charge in [-0.2, -0.15) is 0 Å². The molecule has 4 nitrogen and oxygen atoms in total. The number of ether oxygens (including phenoxy) is 1. The lowest BCUT2D eigenvalue weighted by molar-refractivity contribution is 0.208. The predicted molar refractivity (Wildman–Crippen MR) is 79.8 cm³/mol. The number of piperazine rings is 1. The van der Waals surface area contributed by atoms with Crippen molar-refractivity contribution in [2.45, 2.75) is 19.9 Å². The summed E-state index contributed by atoms with van der Waals surface area (Å²) >= 11 is 0. The SMILES string of the molecule is CC(C)N1CCN(c2c(F)cc(OCCN)cc2F)CC1. The van der Waals surface area contributed by atoms with Gasteiger partial charge in [-0.1, -0.05) is 0 Å². The van der Waals surface area contributed by atoms with Crippen LogP contribution in [0.2, 0.25) is 0 Å². The number of halogens is 2. The first-order valence-electron chi connectivity index (χ1n) is 7.34. The molecule has 0 aliphatic carbocycles. The molecule has 1 saturated heterocycles. The Labute approximate surface area is 124 Å². The number of nitrogens with zero attached hydrogens (tertiary/aromatic N) is 2. The fraction of sp³-hybridized carbons (Fsp3) is 0.600. The lowest BCUT2D eigenvalue weighted by Gasteiger charge is -2.38. The van der Waals surface area contributed by atoms with Gasteiger partial charge in [0.1, 0.15) is 18.0 Å². The van der Waals surface area contributed by atoms with E-state index in [0.717, 1.165) is 13.1 Å². The summed E-state index contributed by atoms with van der Waals surface area (Å²) in [5.41, 5.74) is 5.35. The zero-order valence-corrected chi connectivity index (χ0v) is 12.6. The highest BCUT2D eigenvalue weighted by Crippen LogP contribution is 2.29. The Morgan fingerprint density at radius 1 is 1.14 bits per heavy atom. The standard InChI is InChI=1S/C15H23F2N3O/c1-11(2)19-4-6-20(7-5-19)15-13(16)9-12(10-14(15)17)21-8-3-18/h9-11H,3-8,18H2,1-2H3. The molecule has 1 aromatic carbocycles. The number of hydrogen-bond acceptors (Lipinski definition) is 4. The van der Waals surface area contributed by atoms with Crippen molar-refractivity contribution < 1.29 is 13.5 Å². The van der Waals surface area contributed by atoms with E-state index in [4.69, 9.17) is 10.5 Å². The van der Waals surface area contributed by atoms with Gasteiger partial charge in [0.2, 0.25) is 0 Å². The van der Waals surface area contributed by atoms with Crippen molar-refractivity contribution in [1.29, 1.82) is 0 Å². The third-order valence-corrected chi connectivity index (χ3v) is 3.74. The van der Waals surface area contributed by atoms with Crippen LogP contribution in [-0.4, -0.2) is 50.3 Å². The Morgan fingerprint density at radius 3 is 2.19 bits per heavy atom. The molecule has 6 heteroatoms. The average molecular weight is 299 g/mol. The lowest BCUT2D eigenvalue weighted by Crippen LogP contribution is -2.49. The van der Waals surface area contributed by atoms with E-state index in [9.17, 15) is 8.78 Å². The van der Waals surface area contributed by atoms with E-state index in [1.807, 2.05) is 0 Å². The minimum Gasteiger partial charge on any atom is -0.492 e. The molecule has 1 aliphatic heterocycles. The molecule has 0 amide bonds. The van der Waals surface area contributed by atoms with Gasteiger partial charge in [0.25, 0.3) is 0 Å². The normalized spacial score (nSPS) is 16.6. The van der Waals surface area contributed by atoms with Crippen molar-refractivity contribution in [2.75, 3.05) is 44.2 Å². The summed E-state index contributed by atoms with van der Waals surface area (Å²) in [7, 11) is 0. The molecule has 0 atom stereocenters. The van der Waals surface area contributed by atoms with Crippen molar-refractivity contribution in [1.82, 2.24) is 4.90 Å². The Morgan fingerprint density at radius 2 is 1.71 bits per heavy atom. The van der Waals surface area contributed by atoms with E-state index in [2.05, 4.69) is 18.7 Å². The molecule has 0 unspecified atom stereocenters. The zero-order valence-electron chi connectivity index (χ0n) is 12.6. The van der Waals surface area contributed by atoms with Gasteiger partial charge in [-0.05, 0) is 13.8 Å². The van der Waals surface area contributed by atoms with Gasteiger partial charge in [0.05, 0.1) is 0 Å². The molecule has 0 bridgehead atoms. The zero-order chi connectivity index (χ0) is 15.4. The van der Waals surface area contributed by atoms with Crippen LogP contribution in [0.4, 0.5) is 14.5 Å². The van der Waals surface area contributed by atoms with Crippen molar-refractivity contribution in [2.24, 2.45) is 5.73 Å². The molecule has 1 aliphatic rings. The molecule has 1 fully saturated rings. The third kappa shape index (κ3) is 3.83. The summed E-state index contributed by atoms with van der Waals surface area (Å²) < 4.78 is 33.5. The number of anilines is 1. The Kier molecular flexibility index (Phi) is 5.36. The average Bonchev–Trinajstić information content (AvgIpc) is 2.45. The highest BCUT2D eigenvalue weighted by Gasteiger charge is 2.24. The van der Waals surface area contributed by atoms with Gasteiger partial charge in [-0.3, -0.25) is 4.90 Å². The van der Waals surface area contributed by atoms with Crippen LogP contribution in [0.3, 0.4) is 0 Å². The molecule has 0 spiro atoms. The Bertz CT molecular complexity index is 451.